The van der Waals surface area contributed by atoms with E-state index in [4.69, 9.17) is 0 Å². The highest BCUT2D eigenvalue weighted by atomic mass is 19.1. The third-order valence-corrected chi connectivity index (χ3v) is 0.730. The third kappa shape index (κ3) is 1.04. The Balaban J connectivity index is 2.79. The van der Waals surface area contributed by atoms with Gasteiger partial charge in [-0.3, -0.25) is 4.79 Å². The van der Waals surface area contributed by atoms with Crippen molar-refractivity contribution in [2.75, 3.05) is 0 Å². The Labute approximate surface area is 49.7 Å². The minimum absolute atomic E-state index is 0.678. The molecule has 4 nitrogen and oxygen atoms in total. The molecule has 0 aromatic heterocycles. The van der Waals surface area contributed by atoms with Crippen molar-refractivity contribution in [3.8, 4) is 0 Å². The molecule has 5 heteroatoms. The van der Waals surface area contributed by atoms with E-state index in [1.807, 2.05) is 5.32 Å². The number of nitrogens with one attached hydrogen (secondary N) is 1. The van der Waals surface area contributed by atoms with Gasteiger partial charge in [0.2, 0.25) is 5.83 Å². The van der Waals surface area contributed by atoms with Crippen LogP contribution in [-0.2, 0) is 4.79 Å². The Morgan fingerprint density at radius 1 is 1.56 bits per heavy atom. The predicted octanol–water partition coefficient (Wildman–Crippen LogP) is -0.349. The van der Waals surface area contributed by atoms with Gasteiger partial charge in [-0.1, -0.05) is 0 Å². The SMILES string of the molecule is O=C1[N]C(=O)C(F)=CN1. The number of amides is 3. The second kappa shape index (κ2) is 1.85. The molecule has 0 saturated carbocycles. The highest BCUT2D eigenvalue weighted by molar-refractivity contribution is 6.04. The van der Waals surface area contributed by atoms with Crippen LogP contribution in [0.5, 0.6) is 0 Å². The van der Waals surface area contributed by atoms with Gasteiger partial charge in [-0.15, -0.1) is 0 Å². The molecule has 3 amide bonds. The molecule has 0 aliphatic carbocycles. The molecular formula is C4H2FN2O2. The molecule has 0 bridgehead atoms. The Morgan fingerprint density at radius 3 is 2.67 bits per heavy atom. The monoisotopic (exact) mass is 129 g/mol. The second-order valence-corrected chi connectivity index (χ2v) is 1.36. The first-order chi connectivity index (χ1) is 4.20. The first kappa shape index (κ1) is 5.74. The van der Waals surface area contributed by atoms with Gasteiger partial charge in [-0.2, -0.15) is 9.71 Å². The number of carbonyl (C=O) groups is 2. The van der Waals surface area contributed by atoms with E-state index >= 15 is 0 Å². The van der Waals surface area contributed by atoms with E-state index in [2.05, 4.69) is 5.32 Å². The Kier molecular flexibility index (Phi) is 1.18. The summed E-state index contributed by atoms with van der Waals surface area (Å²) < 4.78 is 12.0. The first-order valence-corrected chi connectivity index (χ1v) is 2.12. The summed E-state index contributed by atoms with van der Waals surface area (Å²) in [6, 6.07) is -0.832. The van der Waals surface area contributed by atoms with E-state index in [1.54, 1.807) is 0 Å². The zero-order chi connectivity index (χ0) is 6.85. The quantitative estimate of drug-likeness (QED) is 0.486. The van der Waals surface area contributed by atoms with Crippen LogP contribution in [0.3, 0.4) is 0 Å². The average Bonchev–Trinajstić information content (AvgIpc) is 1.80. The number of carbonyl (C=O) groups excluding carboxylic acids is 2. The molecule has 0 unspecified atom stereocenters. The van der Waals surface area contributed by atoms with Crippen LogP contribution in [-0.4, -0.2) is 11.9 Å². The highest BCUT2D eigenvalue weighted by Crippen LogP contribution is 1.98. The molecule has 0 saturated heterocycles. The Bertz CT molecular complexity index is 199. The molecule has 0 fully saturated rings. The maximum atomic E-state index is 12.0. The van der Waals surface area contributed by atoms with E-state index in [0.29, 0.717) is 6.20 Å². The number of rotatable bonds is 0. The summed E-state index contributed by atoms with van der Waals surface area (Å²) >= 11 is 0. The fraction of sp³-hybridized carbons (Fsp3) is 0. The minimum Gasteiger partial charge on any atom is -0.309 e. The summed E-state index contributed by atoms with van der Waals surface area (Å²) in [7, 11) is 0. The lowest BCUT2D eigenvalue weighted by molar-refractivity contribution is -0.118. The lowest BCUT2D eigenvalue weighted by atomic mass is 10.5. The number of hydrogen-bond donors (Lipinski definition) is 1. The van der Waals surface area contributed by atoms with Crippen LogP contribution in [0.25, 0.3) is 0 Å². The van der Waals surface area contributed by atoms with E-state index in [9.17, 15) is 14.0 Å². The third-order valence-electron chi connectivity index (χ3n) is 0.730. The maximum Gasteiger partial charge on any atom is 0.348 e. The zero-order valence-corrected chi connectivity index (χ0v) is 4.22. The van der Waals surface area contributed by atoms with Gasteiger partial charge < -0.3 is 5.32 Å². The summed E-state index contributed by atoms with van der Waals surface area (Å²) in [6.45, 7) is 0. The van der Waals surface area contributed by atoms with Crippen molar-refractivity contribution in [3.63, 3.8) is 0 Å². The standard InChI is InChI=1S/C4H2FN2O2/c5-2-1-6-4(9)7-3(2)8/h1H,(H,6,9). The molecular weight excluding hydrogens is 127 g/mol. The number of urea groups is 1. The van der Waals surface area contributed by atoms with Crippen molar-refractivity contribution in [1.29, 1.82) is 0 Å². The lowest BCUT2D eigenvalue weighted by Crippen LogP contribution is -2.35. The molecule has 47 valence electrons. The van der Waals surface area contributed by atoms with Crippen molar-refractivity contribution < 1.29 is 14.0 Å². The van der Waals surface area contributed by atoms with Crippen LogP contribution < -0.4 is 10.6 Å². The molecule has 1 aliphatic rings. The summed E-state index contributed by atoms with van der Waals surface area (Å²) in [6.07, 6.45) is 0.678. The van der Waals surface area contributed by atoms with Gasteiger partial charge in [0.25, 0.3) is 0 Å². The number of hydrogen-bond acceptors (Lipinski definition) is 2. The van der Waals surface area contributed by atoms with Crippen molar-refractivity contribution in [3.05, 3.63) is 12.0 Å². The number of halogens is 1. The summed E-state index contributed by atoms with van der Waals surface area (Å²) in [4.78, 5) is 20.2. The van der Waals surface area contributed by atoms with Crippen molar-refractivity contribution in [1.82, 2.24) is 10.6 Å². The van der Waals surface area contributed by atoms with Crippen molar-refractivity contribution in [2.45, 2.75) is 0 Å². The van der Waals surface area contributed by atoms with Gasteiger partial charge >= 0.3 is 11.9 Å². The largest absolute Gasteiger partial charge is 0.348 e. The van der Waals surface area contributed by atoms with Crippen molar-refractivity contribution in [2.24, 2.45) is 0 Å². The van der Waals surface area contributed by atoms with E-state index in [-0.39, 0.29) is 0 Å². The maximum absolute atomic E-state index is 12.0. The number of imide groups is 1. The highest BCUT2D eigenvalue weighted by Gasteiger charge is 2.19. The van der Waals surface area contributed by atoms with Crippen LogP contribution in [0.4, 0.5) is 9.18 Å². The van der Waals surface area contributed by atoms with Crippen LogP contribution in [0.2, 0.25) is 0 Å². The molecule has 1 radical (unpaired) electrons. The van der Waals surface area contributed by atoms with Gasteiger partial charge in [-0.05, 0) is 0 Å². The molecule has 0 atom stereocenters. The smallest absolute Gasteiger partial charge is 0.309 e. The lowest BCUT2D eigenvalue weighted by Gasteiger charge is -2.03. The molecule has 1 N–H and O–H groups in total. The molecule has 9 heavy (non-hydrogen) atoms. The van der Waals surface area contributed by atoms with Crippen LogP contribution in [0.15, 0.2) is 12.0 Å². The van der Waals surface area contributed by atoms with Crippen molar-refractivity contribution >= 4 is 11.9 Å². The Hall–Kier alpha value is -1.39. The normalized spacial score (nSPS) is 18.1. The second-order valence-electron chi connectivity index (χ2n) is 1.36. The van der Waals surface area contributed by atoms with E-state index in [1.165, 1.54) is 0 Å². The minimum atomic E-state index is -1.13. The van der Waals surface area contributed by atoms with Crippen LogP contribution in [0, 0.1) is 0 Å². The fourth-order valence-corrected chi connectivity index (χ4v) is 0.365. The van der Waals surface area contributed by atoms with Gasteiger partial charge in [0.05, 0.1) is 0 Å². The van der Waals surface area contributed by atoms with Gasteiger partial charge in [0.1, 0.15) is 0 Å². The van der Waals surface area contributed by atoms with E-state index in [0.717, 1.165) is 0 Å². The topological polar surface area (TPSA) is 60.3 Å². The summed E-state index contributed by atoms with van der Waals surface area (Å²) in [5.74, 6) is -2.17. The molecule has 1 rings (SSSR count). The summed E-state index contributed by atoms with van der Waals surface area (Å²) in [5.41, 5.74) is 0. The molecule has 1 aliphatic heterocycles. The van der Waals surface area contributed by atoms with Crippen LogP contribution >= 0.6 is 0 Å². The summed E-state index contributed by atoms with van der Waals surface area (Å²) in [5, 5.41) is 4.63. The Morgan fingerprint density at radius 2 is 2.22 bits per heavy atom. The fourth-order valence-electron chi connectivity index (χ4n) is 0.365. The predicted molar refractivity (Wildman–Crippen MR) is 24.9 cm³/mol. The van der Waals surface area contributed by atoms with Gasteiger partial charge in [0.15, 0.2) is 0 Å². The first-order valence-electron chi connectivity index (χ1n) is 2.12. The zero-order valence-electron chi connectivity index (χ0n) is 4.22. The molecule has 0 aromatic carbocycles. The van der Waals surface area contributed by atoms with E-state index < -0.39 is 17.8 Å². The molecule has 1 heterocycles. The van der Waals surface area contributed by atoms with Gasteiger partial charge in [-0.25, -0.2) is 4.79 Å². The van der Waals surface area contributed by atoms with Crippen LogP contribution in [0.1, 0.15) is 0 Å². The molecule has 0 aromatic rings. The molecule has 0 spiro atoms. The average molecular weight is 129 g/mol. The van der Waals surface area contributed by atoms with Gasteiger partial charge in [0, 0.05) is 6.20 Å². The number of nitrogens with zero attached hydrogens (tertiary/aromatic N) is 1.